The van der Waals surface area contributed by atoms with E-state index in [-0.39, 0.29) is 75.4 Å². The van der Waals surface area contributed by atoms with Crippen LogP contribution in [0.4, 0.5) is 154 Å². The summed E-state index contributed by atoms with van der Waals surface area (Å²) in [5.74, 6) is -2.85. The van der Waals surface area contributed by atoms with Crippen molar-refractivity contribution in [1.82, 2.24) is 108 Å². The molecule has 14 heterocycles. The molecule has 0 saturated carbocycles. The standard InChI is InChI=1S/C19H12F5N5O.C19H12F5N5.C19H13F4N5O.C17H11F5N7O.C17H13F3N7O/c20-11-7-10(5-6-14(11)30-19(23)24)26-15-8-25-9-16(28-15)29-13-4-2-1-3-12(13)27-18(29)17(21)22;20-17(21)18-27-13-3-1-2-4-14(13)29(18)16-10-25-9-15(28-16)26-12-7-5-11(6-8-12)19(22,23)24;20-17(21)18-26-13-3-1-2-4-14(13)28(18)16-10-24-9-15(27-16)25-11-5-7-12(8-6-11)29-19(22)23;18-9-1-3-12-27-16(15(19)20)29(28(12)8-9)13-7-23-6-11(26-13)25-10-2-4-14(24-5-10)30-17(21)22;1-10-23-14-4-2-11(18)9-26(14)27(10)15-8-21-7-13(25-15)24-12-3-5-16(22-6-12)28-17(19)20/h1-9,17,19H,(H,26,28);1-10,17H,(H,26,28);1-10,17,19H,(H,25,27);1-8,15,17H,(H,25,26);2-9,17H,1H3,(H,24,25)/q;;;2*+1. The van der Waals surface area contributed by atoms with Crippen LogP contribution in [0.15, 0.2) is 275 Å². The van der Waals surface area contributed by atoms with Gasteiger partial charge in [0.1, 0.15) is 5.75 Å². The van der Waals surface area contributed by atoms with E-state index in [2.05, 4.69) is 130 Å². The summed E-state index contributed by atoms with van der Waals surface area (Å²) in [6.45, 7) is -10.3. The number of nitrogens with one attached hydrogen (secondary N) is 5. The third-order valence-electron chi connectivity index (χ3n) is 19.7. The van der Waals surface area contributed by atoms with Crippen molar-refractivity contribution in [3.63, 3.8) is 0 Å². The molecule has 14 aromatic heterocycles. The van der Waals surface area contributed by atoms with Gasteiger partial charge in [0, 0.05) is 54.3 Å². The summed E-state index contributed by atoms with van der Waals surface area (Å²) in [5, 5.41) is 14.3. The van der Waals surface area contributed by atoms with Gasteiger partial charge in [-0.2, -0.15) is 57.1 Å². The summed E-state index contributed by atoms with van der Waals surface area (Å²) in [6.07, 6.45) is 2.41. The Balaban J connectivity index is 0.000000131. The highest BCUT2D eigenvalue weighted by Crippen LogP contribution is 2.36. The Kier molecular flexibility index (Phi) is 30.5. The fraction of sp³-hybridized carbons (Fsp3) is 0.110. The normalized spacial score (nSPS) is 11.5. The minimum absolute atomic E-state index is 0.0110. The minimum atomic E-state index is -4.44. The van der Waals surface area contributed by atoms with E-state index in [1.54, 1.807) is 90.5 Å². The molecule has 5 N–H and O–H groups in total. The number of hydrogen-bond donors (Lipinski definition) is 5. The molecule has 0 spiro atoms. The van der Waals surface area contributed by atoms with Gasteiger partial charge < -0.3 is 45.5 Å². The van der Waals surface area contributed by atoms with Crippen molar-refractivity contribution in [3.05, 3.63) is 327 Å². The second kappa shape index (κ2) is 44.4. The van der Waals surface area contributed by atoms with Gasteiger partial charge in [-0.05, 0) is 131 Å². The van der Waals surface area contributed by atoms with Crippen molar-refractivity contribution in [3.8, 4) is 52.3 Å². The molecule has 0 amide bonds. The molecule has 0 radical (unpaired) electrons. The van der Waals surface area contributed by atoms with E-state index < -0.39 is 110 Å². The smallest absolute Gasteiger partial charge is 0.416 e. The van der Waals surface area contributed by atoms with Gasteiger partial charge in [-0.25, -0.2) is 89.4 Å². The predicted octanol–water partition coefficient (Wildman–Crippen LogP) is 21.7. The summed E-state index contributed by atoms with van der Waals surface area (Å²) < 4.78 is 310. The predicted molar refractivity (Wildman–Crippen MR) is 475 cm³/mol. The van der Waals surface area contributed by atoms with Crippen LogP contribution >= 0.6 is 0 Å². The highest BCUT2D eigenvalue weighted by atomic mass is 19.4. The lowest BCUT2D eigenvalue weighted by atomic mass is 10.2. The molecule has 0 aliphatic heterocycles. The zero-order chi connectivity index (χ0) is 103. The average molecular weight is 2040 g/mol. The molecule has 746 valence electrons. The van der Waals surface area contributed by atoms with Gasteiger partial charge in [0.05, 0.1) is 124 Å². The number of hydrogen-bond acceptors (Lipinski definition) is 26. The molecule has 33 nitrogen and oxygen atoms in total. The maximum Gasteiger partial charge on any atom is 0.416 e. The van der Waals surface area contributed by atoms with Crippen LogP contribution in [0, 0.1) is 24.4 Å². The van der Waals surface area contributed by atoms with Crippen LogP contribution in [0.1, 0.15) is 60.4 Å². The highest BCUT2D eigenvalue weighted by Gasteiger charge is 2.33. The van der Waals surface area contributed by atoms with E-state index in [1.807, 2.05) is 0 Å². The summed E-state index contributed by atoms with van der Waals surface area (Å²) in [5.41, 5.74) is 4.24. The van der Waals surface area contributed by atoms with Gasteiger partial charge in [-0.3, -0.25) is 38.6 Å². The largest absolute Gasteiger partial charge is 0.435 e. The van der Waals surface area contributed by atoms with E-state index in [1.165, 1.54) is 178 Å². The second-order valence-corrected chi connectivity index (χ2v) is 29.4. The Hall–Kier alpha value is -18.7. The maximum absolute atomic E-state index is 13.9. The Labute approximate surface area is 802 Å². The first-order valence-electron chi connectivity index (χ1n) is 41.6. The van der Waals surface area contributed by atoms with Crippen LogP contribution in [-0.4, -0.2) is 134 Å². The molecule has 0 saturated heterocycles. The van der Waals surface area contributed by atoms with Gasteiger partial charge in [-0.15, -0.1) is 18.4 Å². The molecule has 0 aliphatic carbocycles. The van der Waals surface area contributed by atoms with Crippen LogP contribution in [0.3, 0.4) is 0 Å². The fourth-order valence-corrected chi connectivity index (χ4v) is 13.8. The monoisotopic (exact) mass is 2040 g/mol. The van der Waals surface area contributed by atoms with Crippen molar-refractivity contribution in [2.24, 2.45) is 0 Å². The molecule has 6 aromatic carbocycles. The third kappa shape index (κ3) is 24.5. The molecular weight excluding hydrogens is 1980 g/mol. The highest BCUT2D eigenvalue weighted by molar-refractivity contribution is 5.80. The Morgan fingerprint density at radius 1 is 0.308 bits per heavy atom. The average Bonchev–Trinajstić information content (AvgIpc) is 1.64. The number of nitrogens with zero attached hydrogens (tertiary/aromatic N) is 24. The Morgan fingerprint density at radius 2 is 0.651 bits per heavy atom. The zero-order valence-corrected chi connectivity index (χ0v) is 73.3. The van der Waals surface area contributed by atoms with Crippen molar-refractivity contribution in [2.45, 2.75) is 65.2 Å². The second-order valence-electron chi connectivity index (χ2n) is 29.4. The number of aryl methyl sites for hydroxylation is 1. The molecule has 20 rings (SSSR count). The number of para-hydroxylation sites is 6. The van der Waals surface area contributed by atoms with Crippen LogP contribution in [-0.2, 0) is 6.18 Å². The third-order valence-corrected chi connectivity index (χ3v) is 19.7. The van der Waals surface area contributed by atoms with Crippen LogP contribution < -0.4 is 54.6 Å². The van der Waals surface area contributed by atoms with E-state index in [0.29, 0.717) is 79.0 Å². The molecule has 146 heavy (non-hydrogen) atoms. The first kappa shape index (κ1) is 100. The minimum Gasteiger partial charge on any atom is -0.435 e. The van der Waals surface area contributed by atoms with Crippen molar-refractivity contribution in [1.29, 1.82) is 0 Å². The van der Waals surface area contributed by atoms with E-state index >= 15 is 0 Å². The Morgan fingerprint density at radius 3 is 1.03 bits per heavy atom. The molecule has 20 aromatic rings. The fourth-order valence-electron chi connectivity index (χ4n) is 13.8. The molecule has 0 unspecified atom stereocenters. The van der Waals surface area contributed by atoms with Crippen LogP contribution in [0.5, 0.6) is 23.3 Å². The van der Waals surface area contributed by atoms with Gasteiger partial charge in [0.25, 0.3) is 25.1 Å². The number of fused-ring (bicyclic) bond motifs is 5. The van der Waals surface area contributed by atoms with Crippen molar-refractivity contribution >= 4 is 102 Å². The zero-order valence-electron chi connectivity index (χ0n) is 73.3. The summed E-state index contributed by atoms with van der Waals surface area (Å²) in [4.78, 5) is 69.2. The first-order valence-corrected chi connectivity index (χ1v) is 41.6. The number of benzene rings is 6. The maximum atomic E-state index is 13.9. The number of halogens is 22. The topological polar surface area (TPSA) is 349 Å². The van der Waals surface area contributed by atoms with Gasteiger partial charge in [-0.1, -0.05) is 36.4 Å². The van der Waals surface area contributed by atoms with Gasteiger partial charge >= 0.3 is 56.2 Å². The Bertz CT molecular complexity index is 7940. The summed E-state index contributed by atoms with van der Waals surface area (Å²) >= 11 is 0. The summed E-state index contributed by atoms with van der Waals surface area (Å²) in [6, 6.07) is 43.9. The van der Waals surface area contributed by atoms with E-state index in [0.717, 1.165) is 45.7 Å². The molecule has 0 atom stereocenters. The van der Waals surface area contributed by atoms with Crippen LogP contribution in [0.2, 0.25) is 0 Å². The molecule has 0 fully saturated rings. The number of alkyl halides is 19. The first-order chi connectivity index (χ1) is 70.1. The lowest BCUT2D eigenvalue weighted by molar-refractivity contribution is -0.602. The molecule has 0 bridgehead atoms. The van der Waals surface area contributed by atoms with Gasteiger partial charge in [0.15, 0.2) is 111 Å². The number of imidazole rings is 3. The number of rotatable bonds is 27. The quantitative estimate of drug-likeness (QED) is 0.0236. The lowest BCUT2D eigenvalue weighted by Gasteiger charge is -2.11. The van der Waals surface area contributed by atoms with Crippen LogP contribution in [0.25, 0.3) is 73.5 Å². The number of anilines is 10. The number of ether oxygens (including phenoxy) is 4. The SMILES string of the molecule is Cc1nc2ccc(F)c[n+]2n1-c1cncc(Nc2ccc(OC(F)F)nc2)n1.FC(F)Oc1ccc(Nc2cncc(-n3c(C(F)F)nc4ccccc43)n2)cc1.FC(F)c1nc2ccccc2n1-c1cncc(Nc2ccc(C(F)(F)F)cc2)n1.Fc1cc(Nc2cncc(-n3c(C(F)F)nc4ccccc43)n2)ccc1OC(F)F.Fc1ccc2nc(C(F)F)n(-c3cncc(Nc4ccc(OC(F)F)nc4)n3)[n+]2c1. The van der Waals surface area contributed by atoms with Gasteiger partial charge in [0.2, 0.25) is 11.8 Å². The summed E-state index contributed by atoms with van der Waals surface area (Å²) in [7, 11) is 0. The van der Waals surface area contributed by atoms with Crippen molar-refractivity contribution < 1.29 is 125 Å². The van der Waals surface area contributed by atoms with E-state index in [9.17, 15) is 96.6 Å². The number of aromatic nitrogens is 24. The lowest BCUT2D eigenvalue weighted by Crippen LogP contribution is -2.33. The molecule has 0 aliphatic rings. The molecule has 55 heteroatoms. The molecular formula is C91H61F22N29O4+2. The number of pyridine rings is 4. The van der Waals surface area contributed by atoms with E-state index in [4.69, 9.17) is 0 Å². The van der Waals surface area contributed by atoms with Crippen molar-refractivity contribution in [2.75, 3.05) is 26.6 Å².